The van der Waals surface area contributed by atoms with Crippen molar-refractivity contribution < 1.29 is 9.90 Å². The second kappa shape index (κ2) is 11.2. The van der Waals surface area contributed by atoms with E-state index in [0.717, 1.165) is 17.6 Å². The number of carbonyl (C=O) groups excluding carboxylic acids is 1. The molecule has 2 aromatic rings. The Hall–Kier alpha value is -2.35. The Morgan fingerprint density at radius 1 is 1.17 bits per heavy atom. The fourth-order valence-electron chi connectivity index (χ4n) is 3.05. The van der Waals surface area contributed by atoms with Crippen LogP contribution in [0.2, 0.25) is 0 Å². The van der Waals surface area contributed by atoms with Crippen molar-refractivity contribution in [2.75, 3.05) is 27.2 Å². The minimum Gasteiger partial charge on any atom is -0.507 e. The van der Waals surface area contributed by atoms with Gasteiger partial charge in [0.25, 0.3) is 5.91 Å². The molecule has 162 valence electrons. The predicted octanol–water partition coefficient (Wildman–Crippen LogP) is 3.67. The van der Waals surface area contributed by atoms with Crippen LogP contribution in [-0.2, 0) is 11.3 Å². The van der Waals surface area contributed by atoms with Gasteiger partial charge in [0, 0.05) is 36.7 Å². The van der Waals surface area contributed by atoms with Crippen LogP contribution in [0, 0.1) is 0 Å². The van der Waals surface area contributed by atoms with Crippen LogP contribution in [0.3, 0.4) is 0 Å². The molecule has 0 aliphatic rings. The highest BCUT2D eigenvalue weighted by Crippen LogP contribution is 2.25. The van der Waals surface area contributed by atoms with Gasteiger partial charge < -0.3 is 14.9 Å². The number of nitrogens with one attached hydrogen (secondary N) is 1. The molecule has 30 heavy (non-hydrogen) atoms. The number of likely N-dealkylation sites (N-methyl/N-ethyl adjacent to an activating group) is 2. The van der Waals surface area contributed by atoms with Gasteiger partial charge in [0.05, 0.1) is 0 Å². The van der Waals surface area contributed by atoms with E-state index in [9.17, 15) is 9.90 Å². The minimum atomic E-state index is -0.413. The number of hydrogen-bond acceptors (Lipinski definition) is 5. The highest BCUT2D eigenvalue weighted by Gasteiger charge is 2.15. The number of phenols is 1. The average Bonchev–Trinajstić information content (AvgIpc) is 2.72. The summed E-state index contributed by atoms with van der Waals surface area (Å²) in [5, 5.41) is 10.1. The summed E-state index contributed by atoms with van der Waals surface area (Å²) in [5.74, 6) is 5.58. The molecule has 0 aliphatic carbocycles. The van der Waals surface area contributed by atoms with Crippen molar-refractivity contribution in [2.24, 2.45) is 5.84 Å². The molecule has 0 saturated carbocycles. The molecule has 2 rings (SSSR count). The molecule has 0 aliphatic heterocycles. The maximum atomic E-state index is 12.3. The van der Waals surface area contributed by atoms with E-state index < -0.39 is 5.91 Å². The lowest BCUT2D eigenvalue weighted by Gasteiger charge is -2.25. The summed E-state index contributed by atoms with van der Waals surface area (Å²) in [7, 11) is 3.89. The number of amides is 1. The van der Waals surface area contributed by atoms with Crippen molar-refractivity contribution in [1.82, 2.24) is 15.2 Å². The summed E-state index contributed by atoms with van der Waals surface area (Å²) in [6.07, 6.45) is 1.63. The molecular weight excluding hydrogens is 444 g/mol. The van der Waals surface area contributed by atoms with E-state index in [1.165, 1.54) is 11.1 Å². The molecule has 0 spiro atoms. The molecule has 0 fully saturated rings. The molecular formula is C23H31BrN4O2. The molecule has 2 aromatic carbocycles. The summed E-state index contributed by atoms with van der Waals surface area (Å²) < 4.78 is 0.810. The molecule has 0 aromatic heterocycles. The Morgan fingerprint density at radius 2 is 1.83 bits per heavy atom. The van der Waals surface area contributed by atoms with E-state index in [1.54, 1.807) is 24.3 Å². The molecule has 7 heteroatoms. The number of phenolic OH excluding ortho intramolecular Hbond substituents is 1. The first-order chi connectivity index (χ1) is 14.2. The smallest absolute Gasteiger partial charge is 0.281 e. The van der Waals surface area contributed by atoms with Crippen molar-refractivity contribution in [3.8, 4) is 5.75 Å². The van der Waals surface area contributed by atoms with Crippen LogP contribution in [0.25, 0.3) is 6.08 Å². The number of aromatic hydroxyl groups is 1. The molecule has 0 radical (unpaired) electrons. The van der Waals surface area contributed by atoms with Crippen LogP contribution < -0.4 is 11.3 Å². The Kier molecular flexibility index (Phi) is 8.89. The van der Waals surface area contributed by atoms with E-state index in [2.05, 4.69) is 71.4 Å². The fraction of sp³-hybridized carbons (Fsp3) is 0.348. The number of carbonyl (C=O) groups is 1. The number of nitrogens with zero attached hydrogens (tertiary/aromatic N) is 2. The largest absolute Gasteiger partial charge is 0.507 e. The summed E-state index contributed by atoms with van der Waals surface area (Å²) in [6, 6.07) is 13.7. The zero-order valence-corrected chi connectivity index (χ0v) is 19.6. The Bertz CT molecular complexity index is 881. The lowest BCUT2D eigenvalue weighted by molar-refractivity contribution is -0.118. The van der Waals surface area contributed by atoms with Gasteiger partial charge in [0.2, 0.25) is 0 Å². The number of nitrogens with two attached hydrogens (primary N) is 1. The van der Waals surface area contributed by atoms with E-state index in [-0.39, 0.29) is 5.75 Å². The van der Waals surface area contributed by atoms with Crippen molar-refractivity contribution in [3.63, 3.8) is 0 Å². The molecule has 0 saturated heterocycles. The van der Waals surface area contributed by atoms with Crippen molar-refractivity contribution in [3.05, 3.63) is 69.3 Å². The highest BCUT2D eigenvalue weighted by atomic mass is 79.9. The number of hydrogen-bond donors (Lipinski definition) is 3. The molecule has 0 bridgehead atoms. The van der Waals surface area contributed by atoms with Gasteiger partial charge in [-0.15, -0.1) is 0 Å². The highest BCUT2D eigenvalue weighted by molar-refractivity contribution is 9.10. The van der Waals surface area contributed by atoms with Crippen molar-refractivity contribution in [2.45, 2.75) is 26.3 Å². The normalized spacial score (nSPS) is 11.8. The summed E-state index contributed by atoms with van der Waals surface area (Å²) in [6.45, 7) is 6.57. The van der Waals surface area contributed by atoms with Gasteiger partial charge in [-0.2, -0.15) is 0 Å². The Labute approximate surface area is 187 Å². The lowest BCUT2D eigenvalue weighted by atomic mass is 10.0. The lowest BCUT2D eigenvalue weighted by Crippen LogP contribution is -2.39. The third kappa shape index (κ3) is 6.86. The monoisotopic (exact) mass is 474 g/mol. The predicted molar refractivity (Wildman–Crippen MR) is 126 cm³/mol. The number of hydrazine groups is 1. The van der Waals surface area contributed by atoms with Gasteiger partial charge >= 0.3 is 0 Å². The van der Waals surface area contributed by atoms with Crippen LogP contribution in [0.1, 0.15) is 36.5 Å². The summed E-state index contributed by atoms with van der Waals surface area (Å²) in [5.41, 5.74) is 5.68. The van der Waals surface area contributed by atoms with Crippen LogP contribution in [0.15, 0.2) is 52.6 Å². The van der Waals surface area contributed by atoms with E-state index >= 15 is 0 Å². The average molecular weight is 475 g/mol. The molecule has 0 heterocycles. The van der Waals surface area contributed by atoms with Crippen LogP contribution in [0.4, 0.5) is 0 Å². The molecule has 0 unspecified atom stereocenters. The fourth-order valence-corrected chi connectivity index (χ4v) is 3.43. The molecule has 4 N–H and O–H groups in total. The second-order valence-electron chi connectivity index (χ2n) is 7.76. The van der Waals surface area contributed by atoms with Crippen LogP contribution in [-0.4, -0.2) is 48.0 Å². The van der Waals surface area contributed by atoms with E-state index in [4.69, 9.17) is 5.84 Å². The number of rotatable bonds is 9. The van der Waals surface area contributed by atoms with E-state index in [0.29, 0.717) is 23.7 Å². The van der Waals surface area contributed by atoms with Gasteiger partial charge in [-0.3, -0.25) is 10.2 Å². The first kappa shape index (κ1) is 23.9. The minimum absolute atomic E-state index is 0.0934. The van der Waals surface area contributed by atoms with Crippen molar-refractivity contribution >= 4 is 27.9 Å². The van der Waals surface area contributed by atoms with Gasteiger partial charge in [-0.1, -0.05) is 54.0 Å². The SMILES string of the molecule is CC(C)c1ccc(CN(C)CCN(C)/C(=C/c2cc(Br)ccc2O)C(=O)NN)cc1. The maximum Gasteiger partial charge on any atom is 0.281 e. The first-order valence-corrected chi connectivity index (χ1v) is 10.7. The van der Waals surface area contributed by atoms with Crippen LogP contribution in [0.5, 0.6) is 5.75 Å². The Morgan fingerprint density at radius 3 is 2.43 bits per heavy atom. The zero-order chi connectivity index (χ0) is 22.3. The van der Waals surface area contributed by atoms with Gasteiger partial charge in [-0.25, -0.2) is 5.84 Å². The third-order valence-corrected chi connectivity index (χ3v) is 5.47. The molecule has 6 nitrogen and oxygen atoms in total. The molecule has 0 atom stereocenters. The van der Waals surface area contributed by atoms with E-state index in [1.807, 2.05) is 11.9 Å². The van der Waals surface area contributed by atoms with Gasteiger partial charge in [0.15, 0.2) is 0 Å². The standard InChI is InChI=1S/C23H31BrN4O2/c1-16(2)18-7-5-17(6-8-18)15-27(3)11-12-28(4)21(23(30)26-25)14-19-13-20(24)9-10-22(19)29/h5-10,13-14,16,29H,11-12,15,25H2,1-4H3,(H,26,30)/b21-14+. The number of benzene rings is 2. The van der Waals surface area contributed by atoms with Gasteiger partial charge in [0.1, 0.15) is 11.4 Å². The quantitative estimate of drug-likeness (QED) is 0.223. The number of halogens is 1. The van der Waals surface area contributed by atoms with Crippen molar-refractivity contribution in [1.29, 1.82) is 0 Å². The van der Waals surface area contributed by atoms with Gasteiger partial charge in [-0.05, 0) is 48.4 Å². The Balaban J connectivity index is 2.04. The first-order valence-electron chi connectivity index (χ1n) is 9.91. The summed E-state index contributed by atoms with van der Waals surface area (Å²) >= 11 is 3.39. The zero-order valence-electron chi connectivity index (χ0n) is 18.0. The summed E-state index contributed by atoms with van der Waals surface area (Å²) in [4.78, 5) is 16.4. The maximum absolute atomic E-state index is 12.3. The molecule has 1 amide bonds. The second-order valence-corrected chi connectivity index (χ2v) is 8.68. The topological polar surface area (TPSA) is 81.8 Å². The van der Waals surface area contributed by atoms with Crippen LogP contribution >= 0.6 is 15.9 Å². The third-order valence-electron chi connectivity index (χ3n) is 4.97.